The predicted molar refractivity (Wildman–Crippen MR) is 130 cm³/mol. The number of anilines is 1. The summed E-state index contributed by atoms with van der Waals surface area (Å²) >= 11 is 7.79. The summed E-state index contributed by atoms with van der Waals surface area (Å²) in [5, 5.41) is 0.819. The average molecular weight is 462 g/mol. The molecule has 0 N–H and O–H groups in total. The van der Waals surface area contributed by atoms with Gasteiger partial charge >= 0.3 is 0 Å². The highest BCUT2D eigenvalue weighted by molar-refractivity contribution is 7.98. The van der Waals surface area contributed by atoms with E-state index in [2.05, 4.69) is 6.92 Å². The number of carbonyl (C=O) groups excluding carboxylic acids is 1. The predicted octanol–water partition coefficient (Wildman–Crippen LogP) is 6.48. The summed E-state index contributed by atoms with van der Waals surface area (Å²) in [5.41, 5.74) is 3.21. The zero-order valence-corrected chi connectivity index (χ0v) is 19.2. The van der Waals surface area contributed by atoms with Crippen molar-refractivity contribution in [3.8, 4) is 0 Å². The molecular weight excluding hydrogens is 442 g/mol. The molecule has 32 heavy (non-hydrogen) atoms. The summed E-state index contributed by atoms with van der Waals surface area (Å²) in [6.07, 6.45) is 2.91. The van der Waals surface area contributed by atoms with E-state index in [-0.39, 0.29) is 17.1 Å². The minimum Gasteiger partial charge on any atom is -0.450 e. The number of fused-ring (bicyclic) bond motifs is 2. The molecule has 160 valence electrons. The van der Waals surface area contributed by atoms with Crippen molar-refractivity contribution in [2.75, 3.05) is 11.2 Å². The van der Waals surface area contributed by atoms with Crippen LogP contribution in [0.15, 0.2) is 80.8 Å². The minimum atomic E-state index is -0.583. The van der Waals surface area contributed by atoms with E-state index in [1.807, 2.05) is 54.8 Å². The van der Waals surface area contributed by atoms with Gasteiger partial charge in [-0.15, -0.1) is 11.8 Å². The highest BCUT2D eigenvalue weighted by Gasteiger charge is 2.43. The molecule has 0 saturated heterocycles. The number of carbonyl (C=O) groups is 1. The van der Waals surface area contributed by atoms with Crippen molar-refractivity contribution < 1.29 is 9.21 Å². The lowest BCUT2D eigenvalue weighted by Gasteiger charge is -2.25. The van der Waals surface area contributed by atoms with Crippen molar-refractivity contribution in [3.63, 3.8) is 0 Å². The fourth-order valence-corrected chi connectivity index (χ4v) is 4.79. The maximum absolute atomic E-state index is 13.6. The monoisotopic (exact) mass is 461 g/mol. The molecule has 3 aromatic carbocycles. The van der Waals surface area contributed by atoms with Gasteiger partial charge in [0.05, 0.1) is 17.0 Å². The Labute approximate surface area is 194 Å². The van der Waals surface area contributed by atoms with Gasteiger partial charge in [0.1, 0.15) is 5.58 Å². The van der Waals surface area contributed by atoms with Crippen LogP contribution in [-0.4, -0.2) is 12.2 Å². The van der Waals surface area contributed by atoms with Crippen LogP contribution >= 0.6 is 23.4 Å². The van der Waals surface area contributed by atoms with Gasteiger partial charge in [-0.05, 0) is 66.3 Å². The fraction of sp³-hybridized carbons (Fsp3) is 0.154. The summed E-state index contributed by atoms with van der Waals surface area (Å²) in [5.74, 6) is -0.236. The van der Waals surface area contributed by atoms with E-state index < -0.39 is 6.04 Å². The third-order valence-electron chi connectivity index (χ3n) is 5.89. The molecule has 1 aliphatic rings. The zero-order chi connectivity index (χ0) is 22.4. The van der Waals surface area contributed by atoms with E-state index in [1.54, 1.807) is 34.9 Å². The molecule has 1 aromatic heterocycles. The summed E-state index contributed by atoms with van der Waals surface area (Å²) in [7, 11) is 0. The Balaban J connectivity index is 1.77. The van der Waals surface area contributed by atoms with Crippen molar-refractivity contribution in [1.82, 2.24) is 0 Å². The Bertz CT molecular complexity index is 1390. The molecule has 4 nitrogen and oxygen atoms in total. The van der Waals surface area contributed by atoms with Crippen molar-refractivity contribution in [2.24, 2.45) is 0 Å². The molecule has 0 bridgehead atoms. The van der Waals surface area contributed by atoms with Gasteiger partial charge in [-0.25, -0.2) is 0 Å². The first-order chi connectivity index (χ1) is 15.5. The lowest BCUT2D eigenvalue weighted by atomic mass is 9.98. The second-order valence-corrected chi connectivity index (χ2v) is 9.00. The second kappa shape index (κ2) is 8.15. The second-order valence-electron chi connectivity index (χ2n) is 7.69. The van der Waals surface area contributed by atoms with Crippen LogP contribution in [0.25, 0.3) is 11.0 Å². The number of halogens is 1. The first-order valence-corrected chi connectivity index (χ1v) is 11.9. The van der Waals surface area contributed by atoms with Gasteiger partial charge in [0.25, 0.3) is 5.91 Å². The molecule has 0 aliphatic carbocycles. The maximum Gasteiger partial charge on any atom is 0.295 e. The largest absolute Gasteiger partial charge is 0.450 e. The van der Waals surface area contributed by atoms with Crippen LogP contribution in [0.3, 0.4) is 0 Å². The lowest BCUT2D eigenvalue weighted by molar-refractivity contribution is 0.0971. The van der Waals surface area contributed by atoms with Gasteiger partial charge in [0, 0.05) is 15.6 Å². The molecule has 1 atom stereocenters. The Hall–Kier alpha value is -3.02. The fourth-order valence-electron chi connectivity index (χ4n) is 4.21. The van der Waals surface area contributed by atoms with E-state index in [0.717, 1.165) is 22.6 Å². The minimum absolute atomic E-state index is 0.0864. The van der Waals surface area contributed by atoms with Crippen molar-refractivity contribution in [1.29, 1.82) is 0 Å². The van der Waals surface area contributed by atoms with Crippen LogP contribution in [-0.2, 0) is 6.42 Å². The van der Waals surface area contributed by atoms with E-state index in [0.29, 0.717) is 21.6 Å². The third-order valence-corrected chi connectivity index (χ3v) is 6.87. The summed E-state index contributed by atoms with van der Waals surface area (Å²) in [6.45, 7) is 2.08. The lowest BCUT2D eigenvalue weighted by Crippen LogP contribution is -2.29. The van der Waals surface area contributed by atoms with Crippen molar-refractivity contribution in [2.45, 2.75) is 24.3 Å². The highest BCUT2D eigenvalue weighted by atomic mass is 35.5. The van der Waals surface area contributed by atoms with Crippen molar-refractivity contribution >= 4 is 45.9 Å². The van der Waals surface area contributed by atoms with Crippen LogP contribution in [0.2, 0.25) is 5.02 Å². The molecule has 0 spiro atoms. The molecule has 2 heterocycles. The molecule has 0 fully saturated rings. The Morgan fingerprint density at radius 1 is 1.00 bits per heavy atom. The molecule has 5 rings (SSSR count). The number of amides is 1. The van der Waals surface area contributed by atoms with Gasteiger partial charge in [0.15, 0.2) is 5.43 Å². The molecule has 0 radical (unpaired) electrons. The van der Waals surface area contributed by atoms with E-state index in [9.17, 15) is 9.59 Å². The van der Waals surface area contributed by atoms with Crippen LogP contribution in [0.1, 0.15) is 40.2 Å². The molecule has 1 amide bonds. The summed E-state index contributed by atoms with van der Waals surface area (Å²) < 4.78 is 5.99. The van der Waals surface area contributed by atoms with Crippen LogP contribution in [0.4, 0.5) is 5.69 Å². The van der Waals surface area contributed by atoms with Crippen LogP contribution < -0.4 is 10.3 Å². The van der Waals surface area contributed by atoms with Gasteiger partial charge in [-0.1, -0.05) is 42.8 Å². The topological polar surface area (TPSA) is 50.5 Å². The first kappa shape index (κ1) is 20.9. The summed E-state index contributed by atoms with van der Waals surface area (Å²) in [4.78, 5) is 29.9. The number of hydrogen-bond acceptors (Lipinski definition) is 4. The van der Waals surface area contributed by atoms with Crippen LogP contribution in [0.5, 0.6) is 0 Å². The van der Waals surface area contributed by atoms with Gasteiger partial charge in [-0.2, -0.15) is 0 Å². The van der Waals surface area contributed by atoms with E-state index >= 15 is 0 Å². The SMILES string of the molecule is CCc1ccc(N2C(=O)c3oc4ccc(Cl)cc4c(=O)c3C2c2ccc(SC)cc2)cc1. The normalized spacial score (nSPS) is 15.4. The number of rotatable bonds is 4. The maximum atomic E-state index is 13.6. The Morgan fingerprint density at radius 2 is 1.72 bits per heavy atom. The number of benzene rings is 3. The van der Waals surface area contributed by atoms with Gasteiger partial charge in [-0.3, -0.25) is 14.5 Å². The molecule has 1 aliphatic heterocycles. The quantitative estimate of drug-likeness (QED) is 0.326. The smallest absolute Gasteiger partial charge is 0.295 e. The van der Waals surface area contributed by atoms with Gasteiger partial charge < -0.3 is 4.42 Å². The number of nitrogens with zero attached hydrogens (tertiary/aromatic N) is 1. The highest BCUT2D eigenvalue weighted by Crippen LogP contribution is 2.41. The zero-order valence-electron chi connectivity index (χ0n) is 17.6. The Morgan fingerprint density at radius 3 is 2.38 bits per heavy atom. The molecule has 1 unspecified atom stereocenters. The molecule has 6 heteroatoms. The molecule has 4 aromatic rings. The average Bonchev–Trinajstić information content (AvgIpc) is 3.12. The number of thioether (sulfide) groups is 1. The number of hydrogen-bond donors (Lipinski definition) is 0. The Kier molecular flexibility index (Phi) is 5.31. The standard InChI is InChI=1S/C26H20ClNO3S/c1-3-15-4-9-18(10-5-15)28-23(16-6-11-19(32-2)12-7-16)22-24(29)20-14-17(27)8-13-21(20)31-25(22)26(28)30/h4-14,23H,3H2,1-2H3. The first-order valence-electron chi connectivity index (χ1n) is 10.3. The van der Waals surface area contributed by atoms with E-state index in [4.69, 9.17) is 16.0 Å². The van der Waals surface area contributed by atoms with E-state index in [1.165, 1.54) is 5.56 Å². The number of aryl methyl sites for hydroxylation is 1. The molecular formula is C26H20ClNO3S. The molecule has 0 saturated carbocycles. The summed E-state index contributed by atoms with van der Waals surface area (Å²) in [6, 6.07) is 20.1. The van der Waals surface area contributed by atoms with Crippen LogP contribution in [0, 0.1) is 0 Å². The van der Waals surface area contributed by atoms with Gasteiger partial charge in [0.2, 0.25) is 5.76 Å². The van der Waals surface area contributed by atoms with Crippen molar-refractivity contribution in [3.05, 3.63) is 104 Å². The third kappa shape index (κ3) is 3.33.